The number of thiol groups is 1. The molecule has 1 aromatic carbocycles. The first-order valence-corrected chi connectivity index (χ1v) is 3.47. The highest BCUT2D eigenvalue weighted by Crippen LogP contribution is 2.19. The van der Waals surface area contributed by atoms with Gasteiger partial charge >= 0.3 is 6.03 Å². The van der Waals surface area contributed by atoms with E-state index in [0.29, 0.717) is 4.31 Å². The van der Waals surface area contributed by atoms with Gasteiger partial charge in [-0.3, -0.25) is 0 Å². The summed E-state index contributed by atoms with van der Waals surface area (Å²) in [6, 6.07) is 5.61. The summed E-state index contributed by atoms with van der Waals surface area (Å²) in [5.74, 6) is -0.567. The Kier molecular flexibility index (Phi) is 2.54. The van der Waals surface area contributed by atoms with Gasteiger partial charge in [0.1, 0.15) is 5.82 Å². The molecule has 0 aromatic heterocycles. The number of urea groups is 1. The predicted molar refractivity (Wildman–Crippen MR) is 46.3 cm³/mol. The molecule has 0 aliphatic heterocycles. The summed E-state index contributed by atoms with van der Waals surface area (Å²) in [4.78, 5) is 10.5. The van der Waals surface area contributed by atoms with E-state index in [9.17, 15) is 9.18 Å². The summed E-state index contributed by atoms with van der Waals surface area (Å²) < 4.78 is 13.6. The Morgan fingerprint density at radius 2 is 2.42 bits per heavy atom. The molecule has 1 radical (unpaired) electrons. The molecule has 2 amide bonds. The summed E-state index contributed by atoms with van der Waals surface area (Å²) in [5, 5.41) is 0. The Morgan fingerprint density at radius 1 is 1.75 bits per heavy atom. The van der Waals surface area contributed by atoms with Crippen LogP contribution in [-0.4, -0.2) is 6.03 Å². The maximum Gasteiger partial charge on any atom is 0.329 e. The van der Waals surface area contributed by atoms with Crippen molar-refractivity contribution >= 4 is 24.5 Å². The fourth-order valence-electron chi connectivity index (χ4n) is 0.684. The van der Waals surface area contributed by atoms with Gasteiger partial charge in [-0.15, -0.1) is 0 Å². The second-order valence-electron chi connectivity index (χ2n) is 2.03. The fraction of sp³-hybridized carbons (Fsp3) is 0. The van der Waals surface area contributed by atoms with E-state index >= 15 is 0 Å². The lowest BCUT2D eigenvalue weighted by molar-refractivity contribution is 0.257. The number of carbonyl (C=O) groups excluding carboxylic acids is 1. The first-order chi connectivity index (χ1) is 5.63. The third kappa shape index (κ3) is 1.68. The van der Waals surface area contributed by atoms with Crippen LogP contribution in [0.5, 0.6) is 0 Å². The molecular formula is C7H6FN2OS. The van der Waals surface area contributed by atoms with Crippen molar-refractivity contribution in [3.05, 3.63) is 30.1 Å². The first-order valence-electron chi connectivity index (χ1n) is 3.07. The van der Waals surface area contributed by atoms with E-state index in [0.717, 1.165) is 0 Å². The summed E-state index contributed by atoms with van der Waals surface area (Å²) in [7, 11) is 0. The molecule has 0 saturated carbocycles. The Bertz CT molecular complexity index is 305. The predicted octanol–water partition coefficient (Wildman–Crippen LogP) is 1.36. The quantitative estimate of drug-likeness (QED) is 0.637. The molecule has 5 heteroatoms. The molecule has 63 valence electrons. The highest BCUT2D eigenvalue weighted by atomic mass is 32.1. The van der Waals surface area contributed by atoms with E-state index in [1.807, 2.05) is 0 Å². The molecule has 0 atom stereocenters. The van der Waals surface area contributed by atoms with Gasteiger partial charge in [0, 0.05) is 0 Å². The summed E-state index contributed by atoms with van der Waals surface area (Å²) >= 11 is 3.68. The smallest absolute Gasteiger partial charge is 0.329 e. The van der Waals surface area contributed by atoms with E-state index in [1.165, 1.54) is 18.2 Å². The van der Waals surface area contributed by atoms with Crippen LogP contribution in [0.3, 0.4) is 0 Å². The molecule has 0 aliphatic rings. The number of primary amides is 1. The van der Waals surface area contributed by atoms with E-state index in [-0.39, 0.29) is 5.69 Å². The van der Waals surface area contributed by atoms with E-state index in [4.69, 9.17) is 5.73 Å². The first kappa shape index (κ1) is 8.86. The second kappa shape index (κ2) is 3.44. The zero-order chi connectivity index (χ0) is 9.14. The van der Waals surface area contributed by atoms with Gasteiger partial charge in [-0.05, 0) is 18.2 Å². The lowest BCUT2D eigenvalue weighted by Crippen LogP contribution is -2.27. The number of halogens is 1. The average molecular weight is 185 g/mol. The standard InChI is InChI=1S/C7H6FN2OS/c8-5-3-1-2-4-6(5)10(12)7(9)11/h1,3-4,12H,(H2,9,11). The molecule has 0 saturated heterocycles. The zero-order valence-electron chi connectivity index (χ0n) is 5.99. The monoisotopic (exact) mass is 185 g/mol. The fourth-order valence-corrected chi connectivity index (χ4v) is 0.837. The number of benzene rings is 1. The highest BCUT2D eigenvalue weighted by molar-refractivity contribution is 7.82. The molecule has 3 nitrogen and oxygen atoms in total. The SMILES string of the molecule is NC(=O)N(S)c1c[c]ccc1F. The van der Waals surface area contributed by atoms with Gasteiger partial charge < -0.3 is 5.73 Å². The third-order valence-corrected chi connectivity index (χ3v) is 1.64. The maximum atomic E-state index is 12.9. The van der Waals surface area contributed by atoms with Crippen LogP contribution in [0.4, 0.5) is 14.9 Å². The maximum absolute atomic E-state index is 12.9. The molecule has 0 unspecified atom stereocenters. The van der Waals surface area contributed by atoms with E-state index in [2.05, 4.69) is 18.9 Å². The molecule has 0 spiro atoms. The molecule has 0 fully saturated rings. The molecule has 1 aromatic rings. The molecule has 12 heavy (non-hydrogen) atoms. The third-order valence-electron chi connectivity index (χ3n) is 1.23. The molecule has 0 aliphatic carbocycles. The van der Waals surface area contributed by atoms with Crippen molar-refractivity contribution in [2.45, 2.75) is 0 Å². The topological polar surface area (TPSA) is 46.3 Å². The normalized spacial score (nSPS) is 9.50. The summed E-state index contributed by atoms with van der Waals surface area (Å²) in [6.45, 7) is 0. The Morgan fingerprint density at radius 3 is 2.92 bits per heavy atom. The van der Waals surface area contributed by atoms with Gasteiger partial charge in [-0.25, -0.2) is 13.5 Å². The number of hydrogen-bond donors (Lipinski definition) is 2. The average Bonchev–Trinajstić information content (AvgIpc) is 2.04. The van der Waals surface area contributed by atoms with E-state index < -0.39 is 11.8 Å². The number of hydrogen-bond acceptors (Lipinski definition) is 2. The van der Waals surface area contributed by atoms with Crippen molar-refractivity contribution in [3.8, 4) is 0 Å². The van der Waals surface area contributed by atoms with E-state index in [1.54, 1.807) is 0 Å². The number of rotatable bonds is 1. The Balaban J connectivity index is 3.02. The van der Waals surface area contributed by atoms with Crippen molar-refractivity contribution in [3.63, 3.8) is 0 Å². The van der Waals surface area contributed by atoms with Gasteiger partial charge in [0.05, 0.1) is 5.69 Å². The highest BCUT2D eigenvalue weighted by Gasteiger charge is 2.11. The summed E-state index contributed by atoms with van der Waals surface area (Å²) in [6.07, 6.45) is 0. The largest absolute Gasteiger partial charge is 0.350 e. The van der Waals surface area contributed by atoms with Crippen LogP contribution >= 0.6 is 12.8 Å². The molecular weight excluding hydrogens is 179 g/mol. The minimum absolute atomic E-state index is 0.00617. The van der Waals surface area contributed by atoms with Gasteiger partial charge in [0.2, 0.25) is 0 Å². The van der Waals surface area contributed by atoms with Crippen LogP contribution in [0.15, 0.2) is 18.2 Å². The Labute approximate surface area is 74.5 Å². The number of anilines is 1. The van der Waals surface area contributed by atoms with Crippen LogP contribution < -0.4 is 10.0 Å². The number of nitrogens with zero attached hydrogens (tertiary/aromatic N) is 1. The molecule has 2 N–H and O–H groups in total. The van der Waals surface area contributed by atoms with Gasteiger partial charge in [-0.2, -0.15) is 0 Å². The van der Waals surface area contributed by atoms with Crippen molar-refractivity contribution in [2.24, 2.45) is 5.73 Å². The number of amides is 2. The van der Waals surface area contributed by atoms with Crippen molar-refractivity contribution in [1.82, 2.24) is 0 Å². The van der Waals surface area contributed by atoms with Crippen LogP contribution in [0, 0.1) is 11.9 Å². The van der Waals surface area contributed by atoms with Crippen LogP contribution in [-0.2, 0) is 0 Å². The van der Waals surface area contributed by atoms with Crippen LogP contribution in [0.1, 0.15) is 0 Å². The van der Waals surface area contributed by atoms with Gasteiger partial charge in [-0.1, -0.05) is 18.9 Å². The van der Waals surface area contributed by atoms with Crippen LogP contribution in [0.2, 0.25) is 0 Å². The minimum Gasteiger partial charge on any atom is -0.350 e. The van der Waals surface area contributed by atoms with Gasteiger partial charge in [0.25, 0.3) is 0 Å². The van der Waals surface area contributed by atoms with Crippen molar-refractivity contribution in [2.75, 3.05) is 4.31 Å². The minimum atomic E-state index is -0.836. The lowest BCUT2D eigenvalue weighted by Gasteiger charge is -2.12. The van der Waals surface area contributed by atoms with Gasteiger partial charge in [0.15, 0.2) is 0 Å². The van der Waals surface area contributed by atoms with Crippen LogP contribution in [0.25, 0.3) is 0 Å². The molecule has 1 rings (SSSR count). The molecule has 0 heterocycles. The summed E-state index contributed by atoms with van der Waals surface area (Å²) in [5.41, 5.74) is 4.86. The zero-order valence-corrected chi connectivity index (χ0v) is 6.88. The lowest BCUT2D eigenvalue weighted by atomic mass is 10.3. The number of carbonyl (C=O) groups is 1. The van der Waals surface area contributed by atoms with Crippen molar-refractivity contribution in [1.29, 1.82) is 0 Å². The van der Waals surface area contributed by atoms with Crippen molar-refractivity contribution < 1.29 is 9.18 Å². The number of nitrogens with two attached hydrogens (primary N) is 1. The molecule has 0 bridgehead atoms. The second-order valence-corrected chi connectivity index (χ2v) is 2.43. The Hall–Kier alpha value is -1.23.